The number of esters is 2. The van der Waals surface area contributed by atoms with Crippen LogP contribution in [0.1, 0.15) is 38.8 Å². The summed E-state index contributed by atoms with van der Waals surface area (Å²) in [6.07, 6.45) is 0.748. The summed E-state index contributed by atoms with van der Waals surface area (Å²) in [5.74, 6) is -2.06. The van der Waals surface area contributed by atoms with Crippen LogP contribution in [0.5, 0.6) is 5.75 Å². The molecular weight excluding hydrogens is 524 g/mol. The summed E-state index contributed by atoms with van der Waals surface area (Å²) in [5.41, 5.74) is 2.03. The van der Waals surface area contributed by atoms with Gasteiger partial charge < -0.3 is 19.5 Å². The van der Waals surface area contributed by atoms with Gasteiger partial charge in [-0.05, 0) is 66.9 Å². The normalized spacial score (nSPS) is 10.9. The van der Waals surface area contributed by atoms with Gasteiger partial charge in [-0.2, -0.15) is 0 Å². The Labute approximate surface area is 227 Å². The molecule has 0 fully saturated rings. The highest BCUT2D eigenvalue weighted by Crippen LogP contribution is 2.31. The molecule has 0 heterocycles. The van der Waals surface area contributed by atoms with E-state index in [2.05, 4.69) is 5.32 Å². The van der Waals surface area contributed by atoms with E-state index in [1.807, 2.05) is 6.92 Å². The molecule has 1 amide bonds. The van der Waals surface area contributed by atoms with E-state index in [0.29, 0.717) is 5.56 Å². The van der Waals surface area contributed by atoms with Gasteiger partial charge in [0.25, 0.3) is 10.0 Å². The van der Waals surface area contributed by atoms with E-state index in [1.165, 1.54) is 45.6 Å². The topological polar surface area (TPSA) is 128 Å². The lowest BCUT2D eigenvalue weighted by Crippen LogP contribution is -2.38. The number of aryl methyl sites for hydroxylation is 2. The Balaban J connectivity index is 2.04. The number of anilines is 2. The van der Waals surface area contributed by atoms with Crippen molar-refractivity contribution in [1.29, 1.82) is 0 Å². The number of carbonyl (C=O) groups is 3. The molecule has 39 heavy (non-hydrogen) atoms. The molecule has 206 valence electrons. The minimum atomic E-state index is -4.28. The van der Waals surface area contributed by atoms with Crippen LogP contribution in [0.4, 0.5) is 11.4 Å². The first-order valence-corrected chi connectivity index (χ1v) is 13.4. The highest BCUT2D eigenvalue weighted by Gasteiger charge is 2.30. The Morgan fingerprint density at radius 2 is 1.44 bits per heavy atom. The van der Waals surface area contributed by atoms with Gasteiger partial charge in [0, 0.05) is 5.69 Å². The van der Waals surface area contributed by atoms with Gasteiger partial charge in [0.05, 0.1) is 38.1 Å². The second-order valence-electron chi connectivity index (χ2n) is 8.52. The van der Waals surface area contributed by atoms with E-state index in [4.69, 9.17) is 14.2 Å². The minimum Gasteiger partial charge on any atom is -0.495 e. The predicted molar refractivity (Wildman–Crippen MR) is 146 cm³/mol. The van der Waals surface area contributed by atoms with Crippen LogP contribution < -0.4 is 14.4 Å². The quantitative estimate of drug-likeness (QED) is 0.373. The molecule has 3 aromatic carbocycles. The van der Waals surface area contributed by atoms with Crippen molar-refractivity contribution in [3.8, 4) is 5.75 Å². The molecule has 3 rings (SSSR count). The van der Waals surface area contributed by atoms with Gasteiger partial charge in [-0.25, -0.2) is 18.0 Å². The van der Waals surface area contributed by atoms with Gasteiger partial charge in [-0.3, -0.25) is 9.10 Å². The third-order valence-electron chi connectivity index (χ3n) is 5.87. The molecule has 10 nitrogen and oxygen atoms in total. The zero-order chi connectivity index (χ0) is 28.7. The van der Waals surface area contributed by atoms with Gasteiger partial charge in [-0.1, -0.05) is 25.1 Å². The number of nitrogens with zero attached hydrogens (tertiary/aromatic N) is 1. The van der Waals surface area contributed by atoms with Crippen molar-refractivity contribution in [2.24, 2.45) is 0 Å². The standard InChI is InChI=1S/C28H30N2O8S/c1-6-19-8-10-23(11-9-19)30(39(34,35)25-13-18(2)7-12-24(25)36-3)17-26(31)29-22-15-20(27(32)37-4)14-21(16-22)28(33)38-5/h7-16H,6,17H2,1-5H3,(H,29,31). The lowest BCUT2D eigenvalue weighted by atomic mass is 10.1. The molecule has 1 N–H and O–H groups in total. The molecule has 0 aliphatic heterocycles. The predicted octanol–water partition coefficient (Wildman–Crippen LogP) is 3.97. The molecule has 0 spiro atoms. The highest BCUT2D eigenvalue weighted by molar-refractivity contribution is 7.93. The van der Waals surface area contributed by atoms with Crippen molar-refractivity contribution in [3.05, 3.63) is 82.9 Å². The van der Waals surface area contributed by atoms with Gasteiger partial charge in [-0.15, -0.1) is 0 Å². The van der Waals surface area contributed by atoms with E-state index >= 15 is 0 Å². The van der Waals surface area contributed by atoms with Crippen LogP contribution >= 0.6 is 0 Å². The molecule has 0 aliphatic carbocycles. The Morgan fingerprint density at radius 3 is 1.95 bits per heavy atom. The van der Waals surface area contributed by atoms with Crippen molar-refractivity contribution in [2.75, 3.05) is 37.5 Å². The number of hydrogen-bond acceptors (Lipinski definition) is 8. The first kappa shape index (κ1) is 29.2. The summed E-state index contributed by atoms with van der Waals surface area (Å²) >= 11 is 0. The van der Waals surface area contributed by atoms with E-state index in [9.17, 15) is 22.8 Å². The van der Waals surface area contributed by atoms with Crippen molar-refractivity contribution in [1.82, 2.24) is 0 Å². The third-order valence-corrected chi connectivity index (χ3v) is 7.66. The third kappa shape index (κ3) is 6.74. The lowest BCUT2D eigenvalue weighted by molar-refractivity contribution is -0.114. The summed E-state index contributed by atoms with van der Waals surface area (Å²) < 4.78 is 43.6. The highest BCUT2D eigenvalue weighted by atomic mass is 32.2. The lowest BCUT2D eigenvalue weighted by Gasteiger charge is -2.25. The molecule has 0 radical (unpaired) electrons. The summed E-state index contributed by atoms with van der Waals surface area (Å²) in [4.78, 5) is 37.4. The number of methoxy groups -OCH3 is 3. The van der Waals surface area contributed by atoms with E-state index in [-0.39, 0.29) is 33.1 Å². The van der Waals surface area contributed by atoms with Crippen LogP contribution in [0, 0.1) is 6.92 Å². The zero-order valence-electron chi connectivity index (χ0n) is 22.3. The Morgan fingerprint density at radius 1 is 0.846 bits per heavy atom. The van der Waals surface area contributed by atoms with Gasteiger partial charge in [0.2, 0.25) is 5.91 Å². The van der Waals surface area contributed by atoms with Gasteiger partial charge in [0.15, 0.2) is 0 Å². The Kier molecular flexibility index (Phi) is 9.31. The number of benzene rings is 3. The molecule has 0 unspecified atom stereocenters. The second-order valence-corrected chi connectivity index (χ2v) is 10.3. The SMILES string of the molecule is CCc1ccc(N(CC(=O)Nc2cc(C(=O)OC)cc(C(=O)OC)c2)S(=O)(=O)c2cc(C)ccc2OC)cc1. The smallest absolute Gasteiger partial charge is 0.337 e. The summed E-state index contributed by atoms with van der Waals surface area (Å²) in [6, 6.07) is 15.5. The largest absolute Gasteiger partial charge is 0.495 e. The van der Waals surface area contributed by atoms with Gasteiger partial charge >= 0.3 is 11.9 Å². The summed E-state index contributed by atoms with van der Waals surface area (Å²) in [7, 11) is -0.557. The van der Waals surface area contributed by atoms with Crippen LogP contribution in [-0.4, -0.2) is 54.1 Å². The molecule has 0 bridgehead atoms. The molecule has 0 saturated carbocycles. The maximum Gasteiger partial charge on any atom is 0.337 e. The van der Waals surface area contributed by atoms with Crippen LogP contribution in [0.2, 0.25) is 0 Å². The number of carbonyl (C=O) groups excluding carboxylic acids is 3. The van der Waals surface area contributed by atoms with E-state index in [0.717, 1.165) is 16.3 Å². The summed E-state index contributed by atoms with van der Waals surface area (Å²) in [6.45, 7) is 3.11. The van der Waals surface area contributed by atoms with Gasteiger partial charge in [0.1, 0.15) is 17.2 Å². The Hall–Kier alpha value is -4.38. The van der Waals surface area contributed by atoms with Crippen LogP contribution in [0.15, 0.2) is 65.6 Å². The van der Waals surface area contributed by atoms with Crippen LogP contribution in [0.25, 0.3) is 0 Å². The molecule has 11 heteroatoms. The average molecular weight is 555 g/mol. The van der Waals surface area contributed by atoms with Crippen molar-refractivity contribution < 1.29 is 37.0 Å². The number of sulfonamides is 1. The number of nitrogens with one attached hydrogen (secondary N) is 1. The number of hydrogen-bond donors (Lipinski definition) is 1. The maximum absolute atomic E-state index is 13.9. The first-order chi connectivity index (χ1) is 18.5. The molecule has 0 aliphatic rings. The number of ether oxygens (including phenoxy) is 3. The van der Waals surface area contributed by atoms with E-state index < -0.39 is 34.4 Å². The number of amides is 1. The minimum absolute atomic E-state index is 0.000158. The van der Waals surface area contributed by atoms with Crippen LogP contribution in [0.3, 0.4) is 0 Å². The van der Waals surface area contributed by atoms with Crippen molar-refractivity contribution in [3.63, 3.8) is 0 Å². The van der Waals surface area contributed by atoms with Crippen LogP contribution in [-0.2, 0) is 30.7 Å². The monoisotopic (exact) mass is 554 g/mol. The fourth-order valence-corrected chi connectivity index (χ4v) is 5.48. The Bertz CT molecular complexity index is 1450. The second kappa shape index (κ2) is 12.4. The fraction of sp³-hybridized carbons (Fsp3) is 0.250. The first-order valence-electron chi connectivity index (χ1n) is 11.9. The van der Waals surface area contributed by atoms with Crippen molar-refractivity contribution >= 4 is 39.2 Å². The number of rotatable bonds is 10. The molecular formula is C28H30N2O8S. The molecule has 0 saturated heterocycles. The zero-order valence-corrected chi connectivity index (χ0v) is 23.1. The van der Waals surface area contributed by atoms with Crippen molar-refractivity contribution in [2.45, 2.75) is 25.2 Å². The fourth-order valence-electron chi connectivity index (χ4n) is 3.82. The molecule has 0 aromatic heterocycles. The average Bonchev–Trinajstić information content (AvgIpc) is 2.94. The summed E-state index contributed by atoms with van der Waals surface area (Å²) in [5, 5.41) is 2.58. The molecule has 3 aromatic rings. The van der Waals surface area contributed by atoms with E-state index in [1.54, 1.807) is 43.3 Å². The maximum atomic E-state index is 13.9. The molecule has 0 atom stereocenters.